The Kier molecular flexibility index (Phi) is 11.3. The molecule has 43 heavy (non-hydrogen) atoms. The number of hydrogen-bond donors (Lipinski definition) is 1. The summed E-state index contributed by atoms with van der Waals surface area (Å²) in [5.41, 5.74) is 0.710. The van der Waals surface area contributed by atoms with Crippen LogP contribution < -0.4 is 19.1 Å². The van der Waals surface area contributed by atoms with E-state index in [1.54, 1.807) is 30.3 Å². The van der Waals surface area contributed by atoms with Crippen molar-refractivity contribution in [1.29, 1.82) is 0 Å². The van der Waals surface area contributed by atoms with E-state index in [0.29, 0.717) is 21.4 Å². The standard InChI is InChI=1S/C31H37Cl2N3O6S/c1-31(2,3)34-30(38)27(17-21-11-8-7-9-12-21)35(19-23-24(32)13-10-14-25(23)33)29(37)20-36(43(6,39)40)26-18-22(41-4)15-16-28(26)42-5/h7-16,18,27H,17,19-20H2,1-6H3,(H,34,38). The second kappa shape index (κ2) is 14.3. The fraction of sp³-hybridized carbons (Fsp3) is 0.355. The van der Waals surface area contributed by atoms with Crippen LogP contribution in [0.3, 0.4) is 0 Å². The minimum Gasteiger partial charge on any atom is -0.497 e. The highest BCUT2D eigenvalue weighted by Gasteiger charge is 2.35. The van der Waals surface area contributed by atoms with Crippen molar-refractivity contribution in [1.82, 2.24) is 10.2 Å². The van der Waals surface area contributed by atoms with Gasteiger partial charge in [-0.15, -0.1) is 0 Å². The Bertz CT molecular complexity index is 1520. The van der Waals surface area contributed by atoms with Crippen LogP contribution in [0.2, 0.25) is 10.0 Å². The van der Waals surface area contributed by atoms with E-state index in [1.807, 2.05) is 51.1 Å². The normalized spacial score (nSPS) is 12.3. The number of carbonyl (C=O) groups excluding carboxylic acids is 2. The van der Waals surface area contributed by atoms with E-state index in [9.17, 15) is 18.0 Å². The van der Waals surface area contributed by atoms with Gasteiger partial charge < -0.3 is 19.7 Å². The monoisotopic (exact) mass is 649 g/mol. The minimum atomic E-state index is -4.03. The summed E-state index contributed by atoms with van der Waals surface area (Å²) < 4.78 is 37.9. The summed E-state index contributed by atoms with van der Waals surface area (Å²) >= 11 is 13.0. The fourth-order valence-electron chi connectivity index (χ4n) is 4.45. The number of nitrogens with one attached hydrogen (secondary N) is 1. The zero-order valence-electron chi connectivity index (χ0n) is 25.1. The highest BCUT2D eigenvalue weighted by molar-refractivity contribution is 7.92. The number of anilines is 1. The Balaban J connectivity index is 2.17. The van der Waals surface area contributed by atoms with Crippen LogP contribution in [0.25, 0.3) is 0 Å². The fourth-order valence-corrected chi connectivity index (χ4v) is 5.81. The number of amides is 2. The molecule has 0 heterocycles. The first-order valence-corrected chi connectivity index (χ1v) is 16.0. The molecule has 0 aliphatic heterocycles. The topological polar surface area (TPSA) is 105 Å². The van der Waals surface area contributed by atoms with Crippen molar-refractivity contribution in [3.05, 3.63) is 87.9 Å². The molecule has 0 aliphatic carbocycles. The molecule has 3 rings (SSSR count). The van der Waals surface area contributed by atoms with Gasteiger partial charge in [0.15, 0.2) is 0 Å². The third-order valence-electron chi connectivity index (χ3n) is 6.49. The second-order valence-electron chi connectivity index (χ2n) is 11.0. The molecule has 1 atom stereocenters. The van der Waals surface area contributed by atoms with Gasteiger partial charge in [-0.1, -0.05) is 59.6 Å². The average molecular weight is 651 g/mol. The maximum Gasteiger partial charge on any atom is 0.244 e. The van der Waals surface area contributed by atoms with Crippen LogP contribution in [0.4, 0.5) is 5.69 Å². The third kappa shape index (κ3) is 9.26. The first-order chi connectivity index (χ1) is 20.1. The summed E-state index contributed by atoms with van der Waals surface area (Å²) in [5.74, 6) is -0.497. The molecule has 9 nitrogen and oxygen atoms in total. The predicted octanol–water partition coefficient (Wildman–Crippen LogP) is 5.33. The van der Waals surface area contributed by atoms with Gasteiger partial charge >= 0.3 is 0 Å². The largest absolute Gasteiger partial charge is 0.497 e. The van der Waals surface area contributed by atoms with Gasteiger partial charge in [-0.3, -0.25) is 13.9 Å². The van der Waals surface area contributed by atoms with Crippen LogP contribution in [0.5, 0.6) is 11.5 Å². The van der Waals surface area contributed by atoms with Gasteiger partial charge in [-0.2, -0.15) is 0 Å². The van der Waals surface area contributed by atoms with E-state index >= 15 is 0 Å². The molecule has 0 spiro atoms. The molecule has 0 saturated carbocycles. The van der Waals surface area contributed by atoms with Crippen LogP contribution in [0.1, 0.15) is 31.9 Å². The molecule has 0 radical (unpaired) electrons. The smallest absolute Gasteiger partial charge is 0.244 e. The van der Waals surface area contributed by atoms with Gasteiger partial charge in [-0.05, 0) is 50.6 Å². The zero-order valence-corrected chi connectivity index (χ0v) is 27.4. The number of sulfonamides is 1. The Morgan fingerprint density at radius 3 is 2.09 bits per heavy atom. The van der Waals surface area contributed by atoms with Gasteiger partial charge in [-0.25, -0.2) is 8.42 Å². The summed E-state index contributed by atoms with van der Waals surface area (Å²) in [5, 5.41) is 3.57. The lowest BCUT2D eigenvalue weighted by Gasteiger charge is -2.35. The van der Waals surface area contributed by atoms with Gasteiger partial charge in [0, 0.05) is 40.2 Å². The summed E-state index contributed by atoms with van der Waals surface area (Å²) in [6, 6.07) is 17.8. The summed E-state index contributed by atoms with van der Waals surface area (Å²) in [6.07, 6.45) is 1.14. The van der Waals surface area contributed by atoms with E-state index in [0.717, 1.165) is 16.1 Å². The summed E-state index contributed by atoms with van der Waals surface area (Å²) in [7, 11) is -1.19. The molecule has 0 aliphatic rings. The number of benzene rings is 3. The molecule has 1 N–H and O–H groups in total. The van der Waals surface area contributed by atoms with Gasteiger partial charge in [0.25, 0.3) is 0 Å². The van der Waals surface area contributed by atoms with Crippen molar-refractivity contribution < 1.29 is 27.5 Å². The molecule has 3 aromatic carbocycles. The molecule has 232 valence electrons. The lowest BCUT2D eigenvalue weighted by atomic mass is 10.0. The quantitative estimate of drug-likeness (QED) is 0.284. The van der Waals surface area contributed by atoms with Gasteiger partial charge in [0.1, 0.15) is 24.1 Å². The third-order valence-corrected chi connectivity index (χ3v) is 8.33. The molecule has 0 saturated heterocycles. The SMILES string of the molecule is COc1ccc(OC)c(N(CC(=O)N(Cc2c(Cl)cccc2Cl)C(Cc2ccccc2)C(=O)NC(C)(C)C)S(C)(=O)=O)c1. The van der Waals surface area contributed by atoms with Crippen molar-refractivity contribution in [3.8, 4) is 11.5 Å². The molecule has 1 unspecified atom stereocenters. The van der Waals surface area contributed by atoms with Crippen LogP contribution in [0, 0.1) is 0 Å². The number of carbonyl (C=O) groups is 2. The van der Waals surface area contributed by atoms with Gasteiger partial charge in [0.05, 0.1) is 26.2 Å². The minimum absolute atomic E-state index is 0.104. The predicted molar refractivity (Wildman–Crippen MR) is 171 cm³/mol. The number of rotatable bonds is 12. The van der Waals surface area contributed by atoms with E-state index < -0.39 is 40.0 Å². The Hall–Kier alpha value is -3.47. The maximum absolute atomic E-state index is 14.3. The number of halogens is 2. The Morgan fingerprint density at radius 2 is 1.56 bits per heavy atom. The Morgan fingerprint density at radius 1 is 0.930 bits per heavy atom. The lowest BCUT2D eigenvalue weighted by Crippen LogP contribution is -2.56. The molecule has 12 heteroatoms. The lowest BCUT2D eigenvalue weighted by molar-refractivity contribution is -0.140. The number of ether oxygens (including phenoxy) is 2. The van der Waals surface area contributed by atoms with Crippen LogP contribution in [-0.4, -0.2) is 63.7 Å². The van der Waals surface area contributed by atoms with Crippen molar-refractivity contribution in [2.45, 2.75) is 45.3 Å². The summed E-state index contributed by atoms with van der Waals surface area (Å²) in [4.78, 5) is 29.5. The molecule has 0 fully saturated rings. The highest BCUT2D eigenvalue weighted by atomic mass is 35.5. The van der Waals surface area contributed by atoms with Crippen molar-refractivity contribution in [2.75, 3.05) is 31.3 Å². The number of nitrogens with zero attached hydrogens (tertiary/aromatic N) is 2. The molecule has 0 bridgehead atoms. The van der Waals surface area contributed by atoms with Crippen molar-refractivity contribution in [2.24, 2.45) is 0 Å². The Labute approximate surface area is 263 Å². The first kappa shape index (κ1) is 34.0. The van der Waals surface area contributed by atoms with Crippen LogP contribution in [-0.2, 0) is 32.6 Å². The number of methoxy groups -OCH3 is 2. The maximum atomic E-state index is 14.3. The van der Waals surface area contributed by atoms with Crippen molar-refractivity contribution >= 4 is 50.7 Å². The van der Waals surface area contributed by atoms with E-state index in [4.69, 9.17) is 32.7 Å². The van der Waals surface area contributed by atoms with E-state index in [2.05, 4.69) is 5.32 Å². The molecular weight excluding hydrogens is 613 g/mol. The van der Waals surface area contributed by atoms with E-state index in [1.165, 1.54) is 25.2 Å². The van der Waals surface area contributed by atoms with E-state index in [-0.39, 0.29) is 24.4 Å². The molecule has 0 aromatic heterocycles. The first-order valence-electron chi connectivity index (χ1n) is 13.4. The number of hydrogen-bond acceptors (Lipinski definition) is 6. The van der Waals surface area contributed by atoms with Crippen LogP contribution >= 0.6 is 23.2 Å². The van der Waals surface area contributed by atoms with Crippen LogP contribution in [0.15, 0.2) is 66.7 Å². The zero-order chi connectivity index (χ0) is 31.9. The van der Waals surface area contributed by atoms with Gasteiger partial charge in [0.2, 0.25) is 21.8 Å². The molecule has 3 aromatic rings. The van der Waals surface area contributed by atoms with Crippen molar-refractivity contribution in [3.63, 3.8) is 0 Å². The summed E-state index contributed by atoms with van der Waals surface area (Å²) in [6.45, 7) is 4.71. The second-order valence-corrected chi connectivity index (χ2v) is 13.7. The highest BCUT2D eigenvalue weighted by Crippen LogP contribution is 2.34. The average Bonchev–Trinajstić information content (AvgIpc) is 2.93. The molecule has 2 amide bonds. The molecular formula is C31H37Cl2N3O6S.